The average molecular weight is 536 g/mol. The lowest BCUT2D eigenvalue weighted by Crippen LogP contribution is -2.29. The van der Waals surface area contributed by atoms with Gasteiger partial charge in [-0.1, -0.05) is 38.1 Å². The molecule has 1 aliphatic rings. The van der Waals surface area contributed by atoms with E-state index in [1.807, 2.05) is 13.8 Å². The second-order valence-corrected chi connectivity index (χ2v) is 9.70. The Kier molecular flexibility index (Phi) is 8.24. The number of ether oxygens (including phenoxy) is 3. The van der Waals surface area contributed by atoms with Crippen LogP contribution < -0.4 is 25.8 Å². The van der Waals surface area contributed by atoms with Crippen LogP contribution in [0.25, 0.3) is 0 Å². The van der Waals surface area contributed by atoms with Gasteiger partial charge in [-0.3, -0.25) is 10.1 Å². The molecule has 1 heterocycles. The Morgan fingerprint density at radius 1 is 1.10 bits per heavy atom. The number of rotatable bonds is 9. The zero-order valence-corrected chi connectivity index (χ0v) is 21.6. The largest absolute Gasteiger partial charge is 0.505 e. The lowest BCUT2D eigenvalue weighted by molar-refractivity contribution is -0.111. The van der Waals surface area contributed by atoms with E-state index in [0.717, 1.165) is 6.07 Å². The van der Waals surface area contributed by atoms with Gasteiger partial charge in [-0.15, -0.1) is 0 Å². The number of amides is 2. The van der Waals surface area contributed by atoms with Crippen LogP contribution in [0.1, 0.15) is 38.4 Å². The van der Waals surface area contributed by atoms with Crippen LogP contribution in [-0.4, -0.2) is 23.9 Å². The van der Waals surface area contributed by atoms with Crippen LogP contribution in [0.3, 0.4) is 0 Å². The molecule has 3 aromatic rings. The summed E-state index contributed by atoms with van der Waals surface area (Å²) in [5.74, 6) is -0.599. The maximum absolute atomic E-state index is 14.2. The summed E-state index contributed by atoms with van der Waals surface area (Å²) in [7, 11) is 0. The third-order valence-electron chi connectivity index (χ3n) is 6.27. The van der Waals surface area contributed by atoms with Crippen LogP contribution in [0, 0.1) is 11.2 Å². The number of nitrogens with two attached hydrogens (primary N) is 1. The standard InChI is InChI=1S/C29H30FN3O6/c1-29(2,14-6-5-9-26(35)33-22-8-4-3-7-21(22)31)27(18-10-12-23(34)20(30)15-18)39-28(36)32-19-11-13-24-25(16-19)38-17-37-24/h3-5,7-13,15-16,27,34H,6,14,17,31H2,1-2H3,(H,32,36)(H,33,35)/b9-5+/t27-/m0/s1. The minimum atomic E-state index is -0.882. The van der Waals surface area contributed by atoms with Gasteiger partial charge in [-0.2, -0.15) is 0 Å². The molecule has 2 amide bonds. The van der Waals surface area contributed by atoms with E-state index in [0.29, 0.717) is 47.0 Å². The molecule has 5 N–H and O–H groups in total. The summed E-state index contributed by atoms with van der Waals surface area (Å²) in [4.78, 5) is 25.2. The Bertz CT molecular complexity index is 1390. The van der Waals surface area contributed by atoms with Crippen molar-refractivity contribution in [3.63, 3.8) is 0 Å². The molecule has 10 heteroatoms. The summed E-state index contributed by atoms with van der Waals surface area (Å²) in [5, 5.41) is 15.0. The smallest absolute Gasteiger partial charge is 0.412 e. The lowest BCUT2D eigenvalue weighted by atomic mass is 9.78. The number of para-hydroxylation sites is 2. The number of aromatic hydroxyl groups is 1. The summed E-state index contributed by atoms with van der Waals surface area (Å²) in [6, 6.07) is 15.7. The molecule has 204 valence electrons. The van der Waals surface area contributed by atoms with Crippen LogP contribution in [-0.2, 0) is 9.53 Å². The molecule has 0 bridgehead atoms. The first kappa shape index (κ1) is 27.3. The maximum atomic E-state index is 14.2. The highest BCUT2D eigenvalue weighted by Gasteiger charge is 2.34. The quantitative estimate of drug-likeness (QED) is 0.191. The zero-order valence-electron chi connectivity index (χ0n) is 21.6. The van der Waals surface area contributed by atoms with E-state index in [-0.39, 0.29) is 12.7 Å². The Morgan fingerprint density at radius 2 is 1.87 bits per heavy atom. The molecule has 0 radical (unpaired) electrons. The number of nitrogens with one attached hydrogen (secondary N) is 2. The van der Waals surface area contributed by atoms with Crippen LogP contribution in [0.2, 0.25) is 0 Å². The van der Waals surface area contributed by atoms with Gasteiger partial charge in [0.1, 0.15) is 6.10 Å². The van der Waals surface area contributed by atoms with Gasteiger partial charge in [0, 0.05) is 17.2 Å². The number of hydrogen-bond donors (Lipinski definition) is 4. The molecule has 0 aromatic heterocycles. The fourth-order valence-electron chi connectivity index (χ4n) is 4.16. The zero-order chi connectivity index (χ0) is 28.0. The fraction of sp³-hybridized carbons (Fsp3) is 0.241. The van der Waals surface area contributed by atoms with Crippen molar-refractivity contribution < 1.29 is 33.3 Å². The SMILES string of the molecule is CC(C)(CC/C=C/C(=O)Nc1ccccc1N)[C@@H](OC(=O)Nc1ccc2c(c1)OCO2)c1ccc(O)c(F)c1. The van der Waals surface area contributed by atoms with Crippen molar-refractivity contribution >= 4 is 29.1 Å². The number of hydrogen-bond acceptors (Lipinski definition) is 7. The number of halogens is 1. The van der Waals surface area contributed by atoms with Gasteiger partial charge in [-0.05, 0) is 60.9 Å². The third kappa shape index (κ3) is 6.98. The predicted molar refractivity (Wildman–Crippen MR) is 145 cm³/mol. The minimum Gasteiger partial charge on any atom is -0.505 e. The molecule has 0 saturated carbocycles. The van der Waals surface area contributed by atoms with E-state index < -0.39 is 29.2 Å². The highest BCUT2D eigenvalue weighted by atomic mass is 19.1. The monoisotopic (exact) mass is 535 g/mol. The van der Waals surface area contributed by atoms with Gasteiger partial charge in [-0.25, -0.2) is 9.18 Å². The summed E-state index contributed by atoms with van der Waals surface area (Å²) < 4.78 is 30.7. The number of fused-ring (bicyclic) bond motifs is 1. The normalized spacial score (nSPS) is 13.2. The Morgan fingerprint density at radius 3 is 2.64 bits per heavy atom. The van der Waals surface area contributed by atoms with Crippen molar-refractivity contribution in [1.82, 2.24) is 0 Å². The Balaban J connectivity index is 1.44. The number of allylic oxidation sites excluding steroid dienone is 1. The molecule has 0 saturated heterocycles. The van der Waals surface area contributed by atoms with Gasteiger partial charge in [0.15, 0.2) is 23.1 Å². The molecule has 0 unspecified atom stereocenters. The van der Waals surface area contributed by atoms with E-state index in [4.69, 9.17) is 19.9 Å². The van der Waals surface area contributed by atoms with Crippen molar-refractivity contribution in [1.29, 1.82) is 0 Å². The molecule has 4 rings (SSSR count). The topological polar surface area (TPSA) is 132 Å². The molecule has 0 spiro atoms. The van der Waals surface area contributed by atoms with Crippen molar-refractivity contribution in [2.45, 2.75) is 32.8 Å². The van der Waals surface area contributed by atoms with Crippen LogP contribution in [0.5, 0.6) is 17.2 Å². The van der Waals surface area contributed by atoms with Crippen molar-refractivity contribution in [3.05, 3.63) is 84.2 Å². The van der Waals surface area contributed by atoms with Gasteiger partial charge >= 0.3 is 6.09 Å². The first-order chi connectivity index (χ1) is 18.6. The second kappa shape index (κ2) is 11.8. The van der Waals surface area contributed by atoms with E-state index in [1.165, 1.54) is 18.2 Å². The van der Waals surface area contributed by atoms with E-state index >= 15 is 0 Å². The van der Waals surface area contributed by atoms with Crippen molar-refractivity contribution in [2.75, 3.05) is 23.2 Å². The van der Waals surface area contributed by atoms with Gasteiger partial charge in [0.05, 0.1) is 11.4 Å². The molecule has 0 aliphatic carbocycles. The highest BCUT2D eigenvalue weighted by Crippen LogP contribution is 2.42. The number of carbonyl (C=O) groups excluding carboxylic acids is 2. The molecule has 3 aromatic carbocycles. The fourth-order valence-corrected chi connectivity index (χ4v) is 4.16. The Labute approximate surface area is 225 Å². The van der Waals surface area contributed by atoms with Gasteiger partial charge in [0.2, 0.25) is 12.7 Å². The molecule has 1 aliphatic heterocycles. The number of nitrogen functional groups attached to an aromatic ring is 1. The second-order valence-electron chi connectivity index (χ2n) is 9.70. The van der Waals surface area contributed by atoms with Gasteiger partial charge in [0.25, 0.3) is 0 Å². The average Bonchev–Trinajstić information content (AvgIpc) is 3.36. The van der Waals surface area contributed by atoms with Gasteiger partial charge < -0.3 is 30.4 Å². The summed E-state index contributed by atoms with van der Waals surface area (Å²) in [6.45, 7) is 3.84. The van der Waals surface area contributed by atoms with Crippen molar-refractivity contribution in [3.8, 4) is 17.2 Å². The summed E-state index contributed by atoms with van der Waals surface area (Å²) in [6.07, 6.45) is 2.43. The van der Waals surface area contributed by atoms with E-state index in [1.54, 1.807) is 48.5 Å². The minimum absolute atomic E-state index is 0.0995. The molecular weight excluding hydrogens is 505 g/mol. The first-order valence-corrected chi connectivity index (χ1v) is 12.3. The van der Waals surface area contributed by atoms with Crippen LogP contribution >= 0.6 is 0 Å². The van der Waals surface area contributed by atoms with Crippen LogP contribution in [0.15, 0.2) is 72.8 Å². The summed E-state index contributed by atoms with van der Waals surface area (Å²) >= 11 is 0. The molecule has 1 atom stereocenters. The predicted octanol–water partition coefficient (Wildman–Crippen LogP) is 6.13. The van der Waals surface area contributed by atoms with E-state index in [2.05, 4.69) is 10.6 Å². The number of benzene rings is 3. The number of phenols is 1. The number of phenolic OH excluding ortho intramolecular Hbond substituents is 1. The first-order valence-electron chi connectivity index (χ1n) is 12.3. The van der Waals surface area contributed by atoms with Crippen LogP contribution in [0.4, 0.5) is 26.2 Å². The molecular formula is C29H30FN3O6. The van der Waals surface area contributed by atoms with E-state index in [9.17, 15) is 19.1 Å². The molecule has 39 heavy (non-hydrogen) atoms. The number of anilines is 3. The lowest BCUT2D eigenvalue weighted by Gasteiger charge is -2.34. The maximum Gasteiger partial charge on any atom is 0.412 e. The Hall–Kier alpha value is -4.73. The highest BCUT2D eigenvalue weighted by molar-refractivity contribution is 6.01. The molecule has 9 nitrogen and oxygen atoms in total. The summed E-state index contributed by atoms with van der Waals surface area (Å²) in [5.41, 5.74) is 6.95. The molecule has 0 fully saturated rings. The third-order valence-corrected chi connectivity index (χ3v) is 6.27. The number of carbonyl (C=O) groups is 2. The van der Waals surface area contributed by atoms with Crippen molar-refractivity contribution in [2.24, 2.45) is 5.41 Å².